The second-order valence-electron chi connectivity index (χ2n) is 7.27. The molecule has 8 heteroatoms. The Morgan fingerprint density at radius 3 is 2.41 bits per heavy atom. The predicted molar refractivity (Wildman–Crippen MR) is 111 cm³/mol. The topological polar surface area (TPSA) is 110 Å². The van der Waals surface area contributed by atoms with Gasteiger partial charge in [-0.1, -0.05) is 13.8 Å². The smallest absolute Gasteiger partial charge is 0.319 e. The zero-order valence-electron chi connectivity index (χ0n) is 16.4. The molecule has 1 atom stereocenters. The van der Waals surface area contributed by atoms with E-state index in [1.54, 1.807) is 24.5 Å². The third-order valence-corrected chi connectivity index (χ3v) is 5.80. The summed E-state index contributed by atoms with van der Waals surface area (Å²) < 4.78 is 11.4. The molecule has 0 bridgehead atoms. The monoisotopic (exact) mass is 389 g/mol. The van der Waals surface area contributed by atoms with Crippen LogP contribution in [0.3, 0.4) is 0 Å². The summed E-state index contributed by atoms with van der Waals surface area (Å²) in [6, 6.07) is 8.59. The number of nitrogens with zero attached hydrogens (tertiary/aromatic N) is 2. The van der Waals surface area contributed by atoms with Gasteiger partial charge in [0.1, 0.15) is 5.82 Å². The van der Waals surface area contributed by atoms with Crippen LogP contribution in [0.15, 0.2) is 30.3 Å². The number of nitrogens with two attached hydrogens (primary N) is 1. The molecule has 1 heterocycles. The molecule has 0 fully saturated rings. The van der Waals surface area contributed by atoms with Gasteiger partial charge in [-0.2, -0.15) is 0 Å². The zero-order chi connectivity index (χ0) is 20.2. The molecular formula is C19H27N5O2S. The molecule has 2 aromatic rings. The quantitative estimate of drug-likeness (QED) is 0.703. The number of anilines is 2. The predicted octanol–water partition coefficient (Wildman–Crippen LogP) is 3.12. The number of urea groups is 1. The van der Waals surface area contributed by atoms with Gasteiger partial charge in [-0.15, -0.1) is 0 Å². The molecule has 0 aliphatic carbocycles. The summed E-state index contributed by atoms with van der Waals surface area (Å²) in [5.41, 5.74) is 7.98. The van der Waals surface area contributed by atoms with Crippen LogP contribution in [0, 0.1) is 5.92 Å². The fourth-order valence-corrected chi connectivity index (χ4v) is 2.62. The molecule has 0 spiro atoms. The fraction of sp³-hybridized carbons (Fsp3) is 0.421. The maximum atomic E-state index is 12.0. The standard InChI is InChI=1S/C19H27N5O2S/c1-12(2)11-21-18(25)22-14-8-6-13(7-9-14)17-23-15(10-16(20)24-17)19(3,4)27(5)26/h6-10,12H,11H2,1-5H3,(H2,20,23,24)(H2,21,22,25). The van der Waals surface area contributed by atoms with Crippen LogP contribution in [-0.2, 0) is 15.5 Å². The van der Waals surface area contributed by atoms with Crippen molar-refractivity contribution in [2.24, 2.45) is 5.92 Å². The minimum atomic E-state index is -1.12. The van der Waals surface area contributed by atoms with E-state index in [1.165, 1.54) is 0 Å². The Kier molecular flexibility index (Phi) is 6.54. The van der Waals surface area contributed by atoms with E-state index in [2.05, 4.69) is 20.6 Å². The van der Waals surface area contributed by atoms with Crippen molar-refractivity contribution < 1.29 is 9.00 Å². The number of hydrogen-bond donors (Lipinski definition) is 3. The van der Waals surface area contributed by atoms with Gasteiger partial charge >= 0.3 is 6.03 Å². The Morgan fingerprint density at radius 1 is 1.22 bits per heavy atom. The lowest BCUT2D eigenvalue weighted by Crippen LogP contribution is -2.31. The Bertz CT molecular complexity index is 834. The number of hydrogen-bond acceptors (Lipinski definition) is 5. The number of carbonyl (C=O) groups excluding carboxylic acids is 1. The molecule has 0 aliphatic rings. The highest BCUT2D eigenvalue weighted by atomic mass is 32.2. The lowest BCUT2D eigenvalue weighted by atomic mass is 10.1. The number of amides is 2. The Labute approximate surface area is 162 Å². The molecule has 4 N–H and O–H groups in total. The molecular weight excluding hydrogens is 362 g/mol. The number of rotatable bonds is 6. The van der Waals surface area contributed by atoms with Crippen LogP contribution in [0.4, 0.5) is 16.3 Å². The fourth-order valence-electron chi connectivity index (χ4n) is 2.23. The summed E-state index contributed by atoms with van der Waals surface area (Å²) in [6.07, 6.45) is 1.64. The summed E-state index contributed by atoms with van der Waals surface area (Å²) in [7, 11) is -1.12. The van der Waals surface area contributed by atoms with Crippen LogP contribution >= 0.6 is 0 Å². The third-order valence-electron chi connectivity index (χ3n) is 4.15. The van der Waals surface area contributed by atoms with Crippen molar-refractivity contribution in [1.29, 1.82) is 0 Å². The van der Waals surface area contributed by atoms with Crippen molar-refractivity contribution in [3.8, 4) is 11.4 Å². The van der Waals surface area contributed by atoms with Crippen molar-refractivity contribution in [3.05, 3.63) is 36.0 Å². The Balaban J connectivity index is 2.21. The summed E-state index contributed by atoms with van der Waals surface area (Å²) in [4.78, 5) is 20.7. The van der Waals surface area contributed by atoms with Crippen LogP contribution in [0.1, 0.15) is 33.4 Å². The molecule has 1 aromatic heterocycles. The first-order chi connectivity index (χ1) is 12.6. The van der Waals surface area contributed by atoms with E-state index in [4.69, 9.17) is 5.73 Å². The largest absolute Gasteiger partial charge is 0.384 e. The summed E-state index contributed by atoms with van der Waals surface area (Å²) in [5.74, 6) is 1.16. The zero-order valence-corrected chi connectivity index (χ0v) is 17.2. The molecule has 0 saturated carbocycles. The molecule has 2 amide bonds. The Morgan fingerprint density at radius 2 is 1.85 bits per heavy atom. The summed E-state index contributed by atoms with van der Waals surface area (Å²) in [5, 5.41) is 5.58. The maximum Gasteiger partial charge on any atom is 0.319 e. The van der Waals surface area contributed by atoms with E-state index >= 15 is 0 Å². The van der Waals surface area contributed by atoms with Crippen molar-refractivity contribution in [3.63, 3.8) is 0 Å². The minimum Gasteiger partial charge on any atom is -0.384 e. The van der Waals surface area contributed by atoms with Gasteiger partial charge in [0.2, 0.25) is 0 Å². The van der Waals surface area contributed by atoms with E-state index in [0.717, 1.165) is 5.56 Å². The third kappa shape index (κ3) is 5.50. The number of nitrogens with one attached hydrogen (secondary N) is 2. The minimum absolute atomic E-state index is 0.244. The molecule has 2 rings (SSSR count). The van der Waals surface area contributed by atoms with Gasteiger partial charge in [0.05, 0.1) is 10.4 Å². The number of carbonyl (C=O) groups is 1. The SMILES string of the molecule is CC(C)CNC(=O)Nc1ccc(-c2nc(N)cc(C(C)(C)S(C)=O)n2)cc1. The first-order valence-corrected chi connectivity index (χ1v) is 10.3. The van der Waals surface area contributed by atoms with E-state index < -0.39 is 15.5 Å². The van der Waals surface area contributed by atoms with Crippen molar-refractivity contribution in [2.45, 2.75) is 32.4 Å². The highest BCUT2D eigenvalue weighted by Crippen LogP contribution is 2.28. The Hall–Kier alpha value is -2.48. The van der Waals surface area contributed by atoms with Crippen LogP contribution in [-0.4, -0.2) is 33.0 Å². The van der Waals surface area contributed by atoms with Crippen molar-refractivity contribution >= 4 is 28.3 Å². The van der Waals surface area contributed by atoms with Gasteiger partial charge in [0.25, 0.3) is 0 Å². The molecule has 0 saturated heterocycles. The summed E-state index contributed by atoms with van der Waals surface area (Å²) in [6.45, 7) is 8.39. The van der Waals surface area contributed by atoms with Gasteiger partial charge in [0, 0.05) is 40.9 Å². The molecule has 0 aliphatic heterocycles. The molecule has 146 valence electrons. The van der Waals surface area contributed by atoms with E-state index in [9.17, 15) is 9.00 Å². The first-order valence-electron chi connectivity index (χ1n) is 8.73. The van der Waals surface area contributed by atoms with Crippen LogP contribution in [0.5, 0.6) is 0 Å². The lowest BCUT2D eigenvalue weighted by molar-refractivity contribution is 0.251. The van der Waals surface area contributed by atoms with E-state index in [1.807, 2.05) is 39.8 Å². The highest BCUT2D eigenvalue weighted by Gasteiger charge is 2.28. The van der Waals surface area contributed by atoms with Gasteiger partial charge in [-0.05, 0) is 44.0 Å². The van der Waals surface area contributed by atoms with Gasteiger partial charge < -0.3 is 16.4 Å². The molecule has 1 unspecified atom stereocenters. The number of nitrogen functional groups attached to an aromatic ring is 1. The number of aromatic nitrogens is 2. The van der Waals surface area contributed by atoms with E-state index in [0.29, 0.717) is 35.5 Å². The second-order valence-corrected chi connectivity index (χ2v) is 9.20. The van der Waals surface area contributed by atoms with Gasteiger partial charge in [-0.3, -0.25) is 4.21 Å². The maximum absolute atomic E-state index is 12.0. The average Bonchev–Trinajstić information content (AvgIpc) is 2.60. The van der Waals surface area contributed by atoms with Crippen LogP contribution in [0.25, 0.3) is 11.4 Å². The van der Waals surface area contributed by atoms with E-state index in [-0.39, 0.29) is 6.03 Å². The second kappa shape index (κ2) is 8.47. The van der Waals surface area contributed by atoms with Crippen molar-refractivity contribution in [1.82, 2.24) is 15.3 Å². The number of benzene rings is 1. The normalized spacial score (nSPS) is 12.7. The summed E-state index contributed by atoms with van der Waals surface area (Å²) >= 11 is 0. The highest BCUT2D eigenvalue weighted by molar-refractivity contribution is 7.85. The average molecular weight is 390 g/mol. The lowest BCUT2D eigenvalue weighted by Gasteiger charge is -2.21. The van der Waals surface area contributed by atoms with Gasteiger partial charge in [0.15, 0.2) is 5.82 Å². The molecule has 0 radical (unpaired) electrons. The first kappa shape index (κ1) is 20.8. The van der Waals surface area contributed by atoms with Crippen LogP contribution < -0.4 is 16.4 Å². The molecule has 1 aromatic carbocycles. The van der Waals surface area contributed by atoms with Crippen LogP contribution in [0.2, 0.25) is 0 Å². The molecule has 27 heavy (non-hydrogen) atoms. The van der Waals surface area contributed by atoms with Crippen molar-refractivity contribution in [2.75, 3.05) is 23.9 Å². The van der Waals surface area contributed by atoms with Gasteiger partial charge in [-0.25, -0.2) is 14.8 Å². The molecule has 7 nitrogen and oxygen atoms in total.